The van der Waals surface area contributed by atoms with Crippen molar-refractivity contribution in [1.29, 1.82) is 0 Å². The minimum atomic E-state index is -1.13. The Morgan fingerprint density at radius 2 is 1.75 bits per heavy atom. The van der Waals surface area contributed by atoms with Gasteiger partial charge in [-0.05, 0) is 63.6 Å². The molecule has 10 nitrogen and oxygen atoms in total. The lowest BCUT2D eigenvalue weighted by Crippen LogP contribution is -2.55. The molecule has 1 aliphatic heterocycles. The van der Waals surface area contributed by atoms with Crippen LogP contribution in [0, 0.1) is 10.1 Å². The summed E-state index contributed by atoms with van der Waals surface area (Å²) in [5.41, 5.74) is -0.802. The first-order valence-electron chi connectivity index (χ1n) is 11.3. The molecular formula is C25H26ClN3O7. The molecule has 0 saturated carbocycles. The van der Waals surface area contributed by atoms with Crippen molar-refractivity contribution < 1.29 is 28.8 Å². The van der Waals surface area contributed by atoms with E-state index in [4.69, 9.17) is 16.3 Å². The zero-order valence-electron chi connectivity index (χ0n) is 20.3. The third kappa shape index (κ3) is 5.08. The number of carbonyl (C=O) groups excluding carboxylic acids is 4. The maximum atomic E-state index is 13.6. The van der Waals surface area contributed by atoms with Crippen molar-refractivity contribution in [3.63, 3.8) is 0 Å². The number of halogens is 1. The van der Waals surface area contributed by atoms with Gasteiger partial charge in [-0.1, -0.05) is 18.5 Å². The van der Waals surface area contributed by atoms with Gasteiger partial charge in [0.1, 0.15) is 11.1 Å². The van der Waals surface area contributed by atoms with Gasteiger partial charge in [-0.3, -0.25) is 24.5 Å². The first-order valence-corrected chi connectivity index (χ1v) is 11.7. The SMILES string of the molecule is CCOC(=O)c1ccc(N2C(=O)CC(N(C(=O)c3ccc(Cl)c([N+](=O)[O-])c3)C(C)(C)CC)C2=O)cc1. The van der Waals surface area contributed by atoms with Gasteiger partial charge >= 0.3 is 5.97 Å². The second kappa shape index (κ2) is 10.4. The van der Waals surface area contributed by atoms with Gasteiger partial charge in [0.25, 0.3) is 17.5 Å². The van der Waals surface area contributed by atoms with Gasteiger partial charge in [0.2, 0.25) is 5.91 Å². The standard InChI is InChI=1S/C25H26ClN3O7/c1-5-25(3,4)28(22(31)16-9-12-18(26)19(13-16)29(34)35)20-14-21(30)27(23(20)32)17-10-7-15(8-11-17)24(33)36-6-2/h7-13,20H,5-6,14H2,1-4H3. The number of imide groups is 1. The zero-order valence-corrected chi connectivity index (χ0v) is 21.1. The van der Waals surface area contributed by atoms with Crippen LogP contribution >= 0.6 is 11.6 Å². The van der Waals surface area contributed by atoms with Crippen molar-refractivity contribution in [2.45, 2.75) is 52.1 Å². The van der Waals surface area contributed by atoms with Crippen molar-refractivity contribution in [1.82, 2.24) is 4.90 Å². The molecule has 1 atom stereocenters. The lowest BCUT2D eigenvalue weighted by atomic mass is 9.94. The first-order chi connectivity index (χ1) is 16.9. The molecule has 0 radical (unpaired) electrons. The van der Waals surface area contributed by atoms with Crippen LogP contribution in [-0.4, -0.2) is 51.7 Å². The van der Waals surface area contributed by atoms with E-state index in [1.807, 2.05) is 6.92 Å². The number of ether oxygens (including phenoxy) is 1. The molecule has 36 heavy (non-hydrogen) atoms. The van der Waals surface area contributed by atoms with Gasteiger partial charge < -0.3 is 9.64 Å². The predicted molar refractivity (Wildman–Crippen MR) is 132 cm³/mol. The number of amides is 3. The summed E-state index contributed by atoms with van der Waals surface area (Å²) in [5.74, 6) is -2.28. The second-order valence-electron chi connectivity index (χ2n) is 8.82. The summed E-state index contributed by atoms with van der Waals surface area (Å²) in [4.78, 5) is 64.9. The lowest BCUT2D eigenvalue weighted by molar-refractivity contribution is -0.384. The number of anilines is 1. The maximum Gasteiger partial charge on any atom is 0.338 e. The fourth-order valence-corrected chi connectivity index (χ4v) is 4.17. The highest BCUT2D eigenvalue weighted by Crippen LogP contribution is 2.34. The highest BCUT2D eigenvalue weighted by Gasteiger charge is 2.48. The van der Waals surface area contributed by atoms with E-state index < -0.39 is 45.9 Å². The molecule has 3 rings (SSSR count). The Morgan fingerprint density at radius 1 is 1.14 bits per heavy atom. The van der Waals surface area contributed by atoms with Crippen molar-refractivity contribution in [3.05, 3.63) is 68.7 Å². The minimum Gasteiger partial charge on any atom is -0.462 e. The van der Waals surface area contributed by atoms with Crippen LogP contribution in [0.4, 0.5) is 11.4 Å². The third-order valence-corrected chi connectivity index (χ3v) is 6.52. The van der Waals surface area contributed by atoms with E-state index in [1.54, 1.807) is 20.8 Å². The summed E-state index contributed by atoms with van der Waals surface area (Å²) < 4.78 is 4.95. The highest BCUT2D eigenvalue weighted by molar-refractivity contribution is 6.32. The Bertz CT molecular complexity index is 1230. The van der Waals surface area contributed by atoms with Crippen molar-refractivity contribution in [2.75, 3.05) is 11.5 Å². The topological polar surface area (TPSA) is 127 Å². The summed E-state index contributed by atoms with van der Waals surface area (Å²) in [6.45, 7) is 7.23. The van der Waals surface area contributed by atoms with E-state index in [-0.39, 0.29) is 34.9 Å². The van der Waals surface area contributed by atoms with Crippen LogP contribution in [0.2, 0.25) is 5.02 Å². The largest absolute Gasteiger partial charge is 0.462 e. The number of nitrogens with zero attached hydrogens (tertiary/aromatic N) is 3. The number of benzene rings is 2. The predicted octanol–water partition coefficient (Wildman–Crippen LogP) is 4.39. The minimum absolute atomic E-state index is 0.0230. The molecule has 0 aromatic heterocycles. The smallest absolute Gasteiger partial charge is 0.338 e. The van der Waals surface area contributed by atoms with Crippen molar-refractivity contribution >= 4 is 46.7 Å². The molecule has 0 aliphatic carbocycles. The Labute approximate surface area is 212 Å². The number of hydrogen-bond acceptors (Lipinski definition) is 7. The fraction of sp³-hybridized carbons (Fsp3) is 0.360. The van der Waals surface area contributed by atoms with Crippen LogP contribution < -0.4 is 4.90 Å². The number of carbonyl (C=O) groups is 4. The van der Waals surface area contributed by atoms with Gasteiger partial charge in [-0.2, -0.15) is 0 Å². The van der Waals surface area contributed by atoms with Gasteiger partial charge in [-0.15, -0.1) is 0 Å². The average Bonchev–Trinajstić information content (AvgIpc) is 3.12. The van der Waals surface area contributed by atoms with Crippen LogP contribution in [0.3, 0.4) is 0 Å². The summed E-state index contributed by atoms with van der Waals surface area (Å²) in [7, 11) is 0. The molecule has 0 N–H and O–H groups in total. The van der Waals surface area contributed by atoms with Crippen LogP contribution in [0.5, 0.6) is 0 Å². The van der Waals surface area contributed by atoms with E-state index in [2.05, 4.69) is 0 Å². The molecule has 0 spiro atoms. The average molecular weight is 516 g/mol. The normalized spacial score (nSPS) is 15.7. The van der Waals surface area contributed by atoms with Crippen LogP contribution in [0.15, 0.2) is 42.5 Å². The van der Waals surface area contributed by atoms with E-state index in [1.165, 1.54) is 41.3 Å². The number of esters is 1. The van der Waals surface area contributed by atoms with E-state index in [0.717, 1.165) is 11.0 Å². The van der Waals surface area contributed by atoms with Crippen LogP contribution in [-0.2, 0) is 14.3 Å². The molecular weight excluding hydrogens is 490 g/mol. The highest BCUT2D eigenvalue weighted by atomic mass is 35.5. The summed E-state index contributed by atoms with van der Waals surface area (Å²) in [5, 5.41) is 11.2. The molecule has 2 aromatic carbocycles. The fourth-order valence-electron chi connectivity index (χ4n) is 3.98. The van der Waals surface area contributed by atoms with E-state index in [9.17, 15) is 29.3 Å². The number of hydrogen-bond donors (Lipinski definition) is 0. The Kier molecular flexibility index (Phi) is 7.78. The number of nitro groups is 1. The first kappa shape index (κ1) is 26.8. The van der Waals surface area contributed by atoms with Crippen molar-refractivity contribution in [3.8, 4) is 0 Å². The Hall–Kier alpha value is -3.79. The van der Waals surface area contributed by atoms with Crippen LogP contribution in [0.1, 0.15) is 61.3 Å². The van der Waals surface area contributed by atoms with E-state index >= 15 is 0 Å². The molecule has 3 amide bonds. The second-order valence-corrected chi connectivity index (χ2v) is 9.23. The Morgan fingerprint density at radius 3 is 2.31 bits per heavy atom. The zero-order chi connectivity index (χ0) is 26.8. The summed E-state index contributed by atoms with van der Waals surface area (Å²) >= 11 is 5.90. The maximum absolute atomic E-state index is 13.6. The lowest BCUT2D eigenvalue weighted by Gasteiger charge is -2.41. The Balaban J connectivity index is 1.98. The molecule has 2 aromatic rings. The number of nitro benzene ring substituents is 1. The monoisotopic (exact) mass is 515 g/mol. The molecule has 11 heteroatoms. The number of rotatable bonds is 8. The van der Waals surface area contributed by atoms with E-state index in [0.29, 0.717) is 6.42 Å². The molecule has 1 heterocycles. The van der Waals surface area contributed by atoms with Crippen molar-refractivity contribution in [2.24, 2.45) is 0 Å². The van der Waals surface area contributed by atoms with Gasteiger partial charge in [0, 0.05) is 17.2 Å². The van der Waals surface area contributed by atoms with Gasteiger partial charge in [0.05, 0.1) is 29.2 Å². The molecule has 1 aliphatic rings. The third-order valence-electron chi connectivity index (χ3n) is 6.20. The summed E-state index contributed by atoms with van der Waals surface area (Å²) in [6.07, 6.45) is 0.184. The molecule has 190 valence electrons. The quantitative estimate of drug-likeness (QED) is 0.221. The molecule has 1 fully saturated rings. The molecule has 1 saturated heterocycles. The van der Waals surface area contributed by atoms with Gasteiger partial charge in [0.15, 0.2) is 0 Å². The van der Waals surface area contributed by atoms with Crippen LogP contribution in [0.25, 0.3) is 0 Å². The molecule has 0 bridgehead atoms. The summed E-state index contributed by atoms with van der Waals surface area (Å²) in [6, 6.07) is 8.37. The molecule has 1 unspecified atom stereocenters. The van der Waals surface area contributed by atoms with Gasteiger partial charge in [-0.25, -0.2) is 9.69 Å².